The zero-order valence-electron chi connectivity index (χ0n) is 24.9. The van der Waals surface area contributed by atoms with Crippen LogP contribution in [0.15, 0.2) is 0 Å². The van der Waals surface area contributed by atoms with Gasteiger partial charge in [0, 0.05) is 58.2 Å². The standard InChI is InChI=1S/C8H18N2O4S/c11-7-5-9-1-3-10(4-2-9)6-8-15(12,13)14/h11H,1-8H2,(H,12,13,14)/i1D2,2D2,3D2,4D2,5D2,6D2,7D2,8D2,11D/hD. The lowest BCUT2D eigenvalue weighted by Crippen LogP contribution is -2.48. The number of aliphatic hydroxyl groups is 1. The second kappa shape index (κ2) is 5.76. The average molecular weight is 256 g/mol. The van der Waals surface area contributed by atoms with E-state index in [1.807, 2.05) is 0 Å². The van der Waals surface area contributed by atoms with Crippen LogP contribution in [0.25, 0.3) is 1.43 Å². The molecule has 0 spiro atoms. The number of hydrogen-bond donors (Lipinski definition) is 2. The Morgan fingerprint density at radius 2 is 1.87 bits per heavy atom. The summed E-state index contributed by atoms with van der Waals surface area (Å²) in [6, 6.07) is 0. The summed E-state index contributed by atoms with van der Waals surface area (Å²) in [6.45, 7) is -30.0. The summed E-state index contributed by atoms with van der Waals surface area (Å²) in [6.07, 6.45) is 0. The molecule has 0 amide bonds. The highest BCUT2D eigenvalue weighted by atomic mass is 32.2. The molecule has 0 unspecified atom stereocenters. The first-order chi connectivity index (χ1) is 14.1. The fourth-order valence-electron chi connectivity index (χ4n) is 0.515. The first-order valence-electron chi connectivity index (χ1n) is 12.1. The van der Waals surface area contributed by atoms with Gasteiger partial charge in [0.25, 0.3) is 10.1 Å². The molecule has 0 atom stereocenters. The molecule has 1 aliphatic rings. The van der Waals surface area contributed by atoms with Crippen molar-refractivity contribution in [3.05, 3.63) is 0 Å². The van der Waals surface area contributed by atoms with Crippen molar-refractivity contribution in [3.63, 3.8) is 0 Å². The van der Waals surface area contributed by atoms with Crippen LogP contribution in [0, 0.1) is 0 Å². The highest BCUT2D eigenvalue weighted by molar-refractivity contribution is 7.85. The van der Waals surface area contributed by atoms with Crippen LogP contribution in [-0.4, -0.2) is 80.6 Å². The smallest absolute Gasteiger partial charge is 0.266 e. The molecule has 0 saturated carbocycles. The van der Waals surface area contributed by atoms with E-state index in [1.54, 1.807) is 0 Å². The summed E-state index contributed by atoms with van der Waals surface area (Å²) in [4.78, 5) is -2.06. The van der Waals surface area contributed by atoms with E-state index >= 15 is 0 Å². The second-order valence-electron chi connectivity index (χ2n) is 2.00. The van der Waals surface area contributed by atoms with Gasteiger partial charge < -0.3 is 5.11 Å². The van der Waals surface area contributed by atoms with E-state index in [9.17, 15) is 8.42 Å². The maximum absolute atomic E-state index is 11.8. The molecule has 0 aromatic rings. The van der Waals surface area contributed by atoms with E-state index in [0.29, 0.717) is 0 Å². The Balaban J connectivity index is 4.08. The third-order valence-electron chi connectivity index (χ3n) is 0.987. The van der Waals surface area contributed by atoms with Gasteiger partial charge in [-0.3, -0.25) is 14.4 Å². The zero-order valence-corrected chi connectivity index (χ0v) is 7.75. The van der Waals surface area contributed by atoms with Crippen molar-refractivity contribution in [2.45, 2.75) is 0 Å². The maximum Gasteiger partial charge on any atom is 0.266 e. The van der Waals surface area contributed by atoms with E-state index in [0.717, 1.165) is 0 Å². The van der Waals surface area contributed by atoms with Crippen molar-refractivity contribution >= 4 is 10.1 Å². The minimum Gasteiger partial charge on any atom is -0.395 e. The number of piperazine rings is 1. The van der Waals surface area contributed by atoms with E-state index in [4.69, 9.17) is 24.8 Å². The average Bonchev–Trinajstić information content (AvgIpc) is 2.58. The van der Waals surface area contributed by atoms with Gasteiger partial charge in [-0.2, -0.15) is 8.42 Å². The van der Waals surface area contributed by atoms with Gasteiger partial charge in [0.05, 0.1) is 15.0 Å². The van der Waals surface area contributed by atoms with Crippen molar-refractivity contribution in [3.8, 4) is 0 Å². The molecule has 2 N–H and O–H groups in total. The lowest BCUT2D eigenvalue weighted by atomic mass is 10.3. The highest BCUT2D eigenvalue weighted by Gasteiger charge is 2.17. The molecule has 0 aromatic carbocycles. The van der Waals surface area contributed by atoms with E-state index in [1.165, 1.54) is 0 Å². The van der Waals surface area contributed by atoms with E-state index in [-0.39, 0.29) is 0 Å². The van der Waals surface area contributed by atoms with Gasteiger partial charge in [-0.05, 0) is 0 Å². The van der Waals surface area contributed by atoms with Gasteiger partial charge in [-0.25, -0.2) is 0 Å². The minimum atomic E-state index is -5.94. The fraction of sp³-hybridized carbons (Fsp3) is 1.00. The molecule has 0 bridgehead atoms. The molecule has 1 fully saturated rings. The van der Waals surface area contributed by atoms with Crippen molar-refractivity contribution in [1.82, 2.24) is 9.80 Å². The number of β-amino-alcohol motifs (C(OH)–C–C–N with tert-alkyl or cyclic N) is 1. The lowest BCUT2D eigenvalue weighted by molar-refractivity contribution is 0.116. The van der Waals surface area contributed by atoms with Crippen LogP contribution in [0.5, 0.6) is 0 Å². The number of nitrogens with zero attached hydrogens (tertiary/aromatic N) is 2. The molecule has 6 nitrogen and oxygen atoms in total. The molecule has 0 aromatic heterocycles. The van der Waals surface area contributed by atoms with Crippen molar-refractivity contribution in [2.75, 3.05) is 51.2 Å². The van der Waals surface area contributed by atoms with E-state index in [2.05, 4.69) is 9.66 Å². The fourth-order valence-corrected chi connectivity index (χ4v) is 0.718. The molecule has 15 heavy (non-hydrogen) atoms. The van der Waals surface area contributed by atoms with Crippen LogP contribution < -0.4 is 0 Å². The Kier molecular flexibility index (Phi) is 1.00. The molecule has 0 aliphatic carbocycles. The van der Waals surface area contributed by atoms with Gasteiger partial charge in [-0.15, -0.1) is 0 Å². The first-order valence-corrected chi connectivity index (χ1v) is 4.66. The van der Waals surface area contributed by atoms with Crippen molar-refractivity contribution in [2.24, 2.45) is 0 Å². The topological polar surface area (TPSA) is 81.1 Å². The Morgan fingerprint density at radius 3 is 2.40 bits per heavy atom. The lowest BCUT2D eigenvalue weighted by Gasteiger charge is -2.33. The summed E-state index contributed by atoms with van der Waals surface area (Å²) in [5.74, 6) is 0. The van der Waals surface area contributed by atoms with Crippen molar-refractivity contribution in [1.29, 1.82) is 2.86 Å². The highest BCUT2D eigenvalue weighted by Crippen LogP contribution is 2.01. The molecule has 0 radical (unpaired) electrons. The Labute approximate surface area is 116 Å². The number of rotatable bonds is 7. The molecule has 1 saturated heterocycles. The van der Waals surface area contributed by atoms with Gasteiger partial charge in [0.2, 0.25) is 2.86 Å². The van der Waals surface area contributed by atoms with Gasteiger partial charge in [0.1, 0.15) is 0 Å². The van der Waals surface area contributed by atoms with E-state index < -0.39 is 71.2 Å². The summed E-state index contributed by atoms with van der Waals surface area (Å²) in [5, 5.41) is 3.51. The molecule has 1 aliphatic heterocycles. The van der Waals surface area contributed by atoms with Crippen molar-refractivity contribution < 1.29 is 40.0 Å². The quantitative estimate of drug-likeness (QED) is 0.539. The Bertz CT molecular complexity index is 845. The molecule has 1 heterocycles. The van der Waals surface area contributed by atoms with Gasteiger partial charge in [-0.1, -0.05) is 0 Å². The predicted octanol–water partition coefficient (Wildman–Crippen LogP) is -1.52. The molecular weight excluding hydrogens is 220 g/mol. The molecule has 1 rings (SSSR count). The summed E-state index contributed by atoms with van der Waals surface area (Å²) >= 11 is 0. The van der Waals surface area contributed by atoms with Gasteiger partial charge in [0.15, 0.2) is 0 Å². The van der Waals surface area contributed by atoms with Crippen LogP contribution in [0.2, 0.25) is 0 Å². The molecular formula is C8H18N2O4S. The normalized spacial score (nSPS) is 55.5. The third kappa shape index (κ3) is 5.43. The SMILES string of the molecule is [2H]OC([2H])([2H])C([2H])([2H])N1C([2H])([2H])C([2H])([2H])N(C([2H])([2H])C([2H])([2H])S(=O)(=O)O[2H])C([2H])([2H])C1([2H])[2H]. The van der Waals surface area contributed by atoms with Crippen LogP contribution in [-0.2, 0) is 10.1 Å². The first kappa shape index (κ1) is 2.62. The Morgan fingerprint density at radius 1 is 1.27 bits per heavy atom. The van der Waals surface area contributed by atoms with Gasteiger partial charge >= 0.3 is 0 Å². The van der Waals surface area contributed by atoms with Crippen LogP contribution in [0.3, 0.4) is 0 Å². The summed E-state index contributed by atoms with van der Waals surface area (Å²) < 4.78 is 165. The third-order valence-corrected chi connectivity index (χ3v) is 1.33. The van der Waals surface area contributed by atoms with Crippen LogP contribution >= 0.6 is 0 Å². The monoisotopic (exact) mass is 256 g/mol. The minimum absolute atomic E-state index is 0.959. The second-order valence-corrected chi connectivity index (χ2v) is 3.11. The number of hydrogen-bond acceptors (Lipinski definition) is 6. The predicted molar refractivity (Wildman–Crippen MR) is 56.4 cm³/mol. The largest absolute Gasteiger partial charge is 0.395 e. The Hall–Kier alpha value is -0.210. The summed E-state index contributed by atoms with van der Waals surface area (Å²) in [5.41, 5.74) is -4.53. The molecule has 90 valence electrons. The zero-order chi connectivity index (χ0) is 27.1. The van der Waals surface area contributed by atoms with Crippen LogP contribution in [0.1, 0.15) is 21.9 Å². The maximum atomic E-state index is 11.8. The molecule has 7 heteroatoms. The summed E-state index contributed by atoms with van der Waals surface area (Å²) in [7, 11) is -5.94. The van der Waals surface area contributed by atoms with Crippen LogP contribution in [0.4, 0.5) is 0 Å².